The molecule has 0 atom stereocenters. The Kier molecular flexibility index (Phi) is 3.09. The third-order valence-corrected chi connectivity index (χ3v) is 2.99. The fourth-order valence-electron chi connectivity index (χ4n) is 2.03. The summed E-state index contributed by atoms with van der Waals surface area (Å²) in [5, 5.41) is 5.32. The predicted molar refractivity (Wildman–Crippen MR) is 73.7 cm³/mol. The highest BCUT2D eigenvalue weighted by atomic mass is 16.6. The number of ether oxygens (including phenoxy) is 1. The van der Waals surface area contributed by atoms with Gasteiger partial charge >= 0.3 is 6.09 Å². The van der Waals surface area contributed by atoms with Gasteiger partial charge in [0, 0.05) is 17.8 Å². The number of anilines is 1. The van der Waals surface area contributed by atoms with Gasteiger partial charge in [-0.3, -0.25) is 10.1 Å². The van der Waals surface area contributed by atoms with Gasteiger partial charge in [-0.2, -0.15) is 0 Å². The fraction of sp³-hybridized carbons (Fsp3) is 0.0667. The Morgan fingerprint density at radius 3 is 2.75 bits per heavy atom. The molecule has 2 aromatic rings. The Hall–Kier alpha value is -2.82. The van der Waals surface area contributed by atoms with Gasteiger partial charge in [0.15, 0.2) is 0 Å². The van der Waals surface area contributed by atoms with Crippen LogP contribution in [-0.2, 0) is 6.54 Å². The highest BCUT2D eigenvalue weighted by Gasteiger charge is 2.19. The van der Waals surface area contributed by atoms with E-state index in [0.717, 1.165) is 5.56 Å². The van der Waals surface area contributed by atoms with Gasteiger partial charge in [-0.05, 0) is 29.8 Å². The maximum atomic E-state index is 11.7. The van der Waals surface area contributed by atoms with Crippen molar-refractivity contribution in [1.82, 2.24) is 5.32 Å². The average molecular weight is 268 g/mol. The maximum absolute atomic E-state index is 11.7. The molecule has 1 heterocycles. The molecule has 1 aliphatic rings. The Labute approximate surface area is 115 Å². The van der Waals surface area contributed by atoms with E-state index >= 15 is 0 Å². The number of hydrogen-bond donors (Lipinski definition) is 2. The third kappa shape index (κ3) is 2.47. The van der Waals surface area contributed by atoms with Crippen molar-refractivity contribution < 1.29 is 14.3 Å². The Morgan fingerprint density at radius 1 is 1.15 bits per heavy atom. The normalized spacial score (nSPS) is 12.5. The molecule has 0 fully saturated rings. The van der Waals surface area contributed by atoms with Crippen LogP contribution in [0.2, 0.25) is 0 Å². The molecule has 0 bridgehead atoms. The summed E-state index contributed by atoms with van der Waals surface area (Å²) in [4.78, 5) is 23.3. The van der Waals surface area contributed by atoms with Crippen LogP contribution in [0.1, 0.15) is 15.9 Å². The van der Waals surface area contributed by atoms with Gasteiger partial charge in [-0.15, -0.1) is 0 Å². The van der Waals surface area contributed by atoms with E-state index < -0.39 is 6.09 Å². The average Bonchev–Trinajstić information content (AvgIpc) is 2.81. The first-order valence-electron chi connectivity index (χ1n) is 6.17. The zero-order valence-corrected chi connectivity index (χ0v) is 10.6. The van der Waals surface area contributed by atoms with E-state index in [9.17, 15) is 9.59 Å². The summed E-state index contributed by atoms with van der Waals surface area (Å²) < 4.78 is 5.11. The number of rotatable bonds is 2. The van der Waals surface area contributed by atoms with Gasteiger partial charge in [-0.1, -0.05) is 24.3 Å². The van der Waals surface area contributed by atoms with Crippen LogP contribution in [-0.4, -0.2) is 12.0 Å². The number of para-hydroxylation sites is 1. The predicted octanol–water partition coefficient (Wildman–Crippen LogP) is 2.54. The van der Waals surface area contributed by atoms with Crippen LogP contribution >= 0.6 is 0 Å². The zero-order valence-electron chi connectivity index (χ0n) is 10.6. The maximum Gasteiger partial charge on any atom is 0.417 e. The van der Waals surface area contributed by atoms with Crippen molar-refractivity contribution in [3.8, 4) is 5.75 Å². The molecule has 1 aliphatic heterocycles. The number of fused-ring (bicyclic) bond motifs is 1. The van der Waals surface area contributed by atoms with Crippen molar-refractivity contribution in [2.75, 3.05) is 5.32 Å². The highest BCUT2D eigenvalue weighted by Crippen LogP contribution is 2.20. The standard InChI is InChI=1S/C15H12N2O3/c18-14-13-8-11(7-6-10(13)9-16-14)17-15(19)20-12-4-2-1-3-5-12/h1-8H,9H2,(H,16,18)(H,17,19). The number of carbonyl (C=O) groups is 2. The Bertz CT molecular complexity index is 668. The molecule has 3 rings (SSSR count). The number of benzene rings is 2. The fourth-order valence-corrected chi connectivity index (χ4v) is 2.03. The minimum Gasteiger partial charge on any atom is -0.410 e. The number of carbonyl (C=O) groups excluding carboxylic acids is 2. The van der Waals surface area contributed by atoms with Crippen molar-refractivity contribution in [1.29, 1.82) is 0 Å². The monoisotopic (exact) mass is 268 g/mol. The van der Waals surface area contributed by atoms with Crippen LogP contribution in [0.4, 0.5) is 10.5 Å². The molecule has 0 saturated carbocycles. The first kappa shape index (κ1) is 12.2. The van der Waals surface area contributed by atoms with Crippen molar-refractivity contribution in [3.63, 3.8) is 0 Å². The van der Waals surface area contributed by atoms with Crippen LogP contribution in [0.15, 0.2) is 48.5 Å². The Morgan fingerprint density at radius 2 is 1.95 bits per heavy atom. The second kappa shape index (κ2) is 5.05. The SMILES string of the molecule is O=C(Nc1ccc2c(c1)C(=O)NC2)Oc1ccccc1. The second-order valence-electron chi connectivity index (χ2n) is 4.38. The van der Waals surface area contributed by atoms with Crippen LogP contribution in [0.25, 0.3) is 0 Å². The van der Waals surface area contributed by atoms with Gasteiger partial charge < -0.3 is 10.1 Å². The van der Waals surface area contributed by atoms with Crippen LogP contribution in [0.5, 0.6) is 5.75 Å². The minimum absolute atomic E-state index is 0.125. The van der Waals surface area contributed by atoms with Crippen LogP contribution in [0.3, 0.4) is 0 Å². The lowest BCUT2D eigenvalue weighted by atomic mass is 10.1. The lowest BCUT2D eigenvalue weighted by Crippen LogP contribution is -2.17. The van der Waals surface area contributed by atoms with Gasteiger partial charge in [0.25, 0.3) is 5.91 Å². The van der Waals surface area contributed by atoms with Crippen molar-refractivity contribution in [2.45, 2.75) is 6.54 Å². The molecule has 0 aliphatic carbocycles. The number of amides is 2. The van der Waals surface area contributed by atoms with Gasteiger partial charge in [0.2, 0.25) is 0 Å². The van der Waals surface area contributed by atoms with E-state index in [2.05, 4.69) is 10.6 Å². The molecular formula is C15H12N2O3. The van der Waals surface area contributed by atoms with E-state index in [-0.39, 0.29) is 5.91 Å². The largest absolute Gasteiger partial charge is 0.417 e. The summed E-state index contributed by atoms with van der Waals surface area (Å²) in [6.45, 7) is 0.531. The van der Waals surface area contributed by atoms with Crippen molar-refractivity contribution in [3.05, 3.63) is 59.7 Å². The van der Waals surface area contributed by atoms with E-state index in [1.807, 2.05) is 12.1 Å². The van der Waals surface area contributed by atoms with Gasteiger partial charge in [-0.25, -0.2) is 4.79 Å². The molecule has 0 radical (unpaired) electrons. The molecule has 0 unspecified atom stereocenters. The molecule has 2 amide bonds. The van der Waals surface area contributed by atoms with E-state index in [1.54, 1.807) is 36.4 Å². The lowest BCUT2D eigenvalue weighted by molar-refractivity contribution is 0.0965. The molecule has 2 aromatic carbocycles. The molecule has 2 N–H and O–H groups in total. The molecule has 0 saturated heterocycles. The molecule has 0 aromatic heterocycles. The molecule has 5 heteroatoms. The Balaban J connectivity index is 1.71. The van der Waals surface area contributed by atoms with Crippen molar-refractivity contribution in [2.24, 2.45) is 0 Å². The molecule has 5 nitrogen and oxygen atoms in total. The van der Waals surface area contributed by atoms with Crippen molar-refractivity contribution >= 4 is 17.7 Å². The first-order valence-corrected chi connectivity index (χ1v) is 6.17. The highest BCUT2D eigenvalue weighted by molar-refractivity contribution is 6.00. The van der Waals surface area contributed by atoms with E-state index in [0.29, 0.717) is 23.5 Å². The zero-order chi connectivity index (χ0) is 13.9. The molecule has 20 heavy (non-hydrogen) atoms. The van der Waals surface area contributed by atoms with Crippen LogP contribution in [0, 0.1) is 0 Å². The van der Waals surface area contributed by atoms with E-state index in [1.165, 1.54) is 0 Å². The molecular weight excluding hydrogens is 256 g/mol. The molecule has 0 spiro atoms. The van der Waals surface area contributed by atoms with Crippen LogP contribution < -0.4 is 15.4 Å². The summed E-state index contributed by atoms with van der Waals surface area (Å²) in [6.07, 6.45) is -0.588. The summed E-state index contributed by atoms with van der Waals surface area (Å²) >= 11 is 0. The number of nitrogens with one attached hydrogen (secondary N) is 2. The summed E-state index contributed by atoms with van der Waals surface area (Å²) in [5.74, 6) is 0.337. The smallest absolute Gasteiger partial charge is 0.410 e. The van der Waals surface area contributed by atoms with Gasteiger partial charge in [0.1, 0.15) is 5.75 Å². The minimum atomic E-state index is -0.588. The summed E-state index contributed by atoms with van der Waals surface area (Å²) in [6, 6.07) is 14.0. The summed E-state index contributed by atoms with van der Waals surface area (Å²) in [5.41, 5.74) is 2.04. The summed E-state index contributed by atoms with van der Waals surface area (Å²) in [7, 11) is 0. The molecule has 100 valence electrons. The second-order valence-corrected chi connectivity index (χ2v) is 4.38. The quantitative estimate of drug-likeness (QED) is 0.879. The number of hydrogen-bond acceptors (Lipinski definition) is 3. The lowest BCUT2D eigenvalue weighted by Gasteiger charge is -2.07. The van der Waals surface area contributed by atoms with E-state index in [4.69, 9.17) is 4.74 Å². The van der Waals surface area contributed by atoms with Gasteiger partial charge in [0.05, 0.1) is 0 Å². The topological polar surface area (TPSA) is 67.4 Å². The third-order valence-electron chi connectivity index (χ3n) is 2.99. The first-order chi connectivity index (χ1) is 9.72.